The number of rotatable bonds is 6. The van der Waals surface area contributed by atoms with Gasteiger partial charge in [-0.05, 0) is 29.1 Å². The minimum atomic E-state index is -0.703. The summed E-state index contributed by atoms with van der Waals surface area (Å²) in [6, 6.07) is 9.79. The van der Waals surface area contributed by atoms with Crippen LogP contribution >= 0.6 is 11.3 Å². The van der Waals surface area contributed by atoms with Crippen LogP contribution in [0.1, 0.15) is 16.5 Å². The zero-order valence-corrected chi connectivity index (χ0v) is 15.6. The molecule has 1 aliphatic heterocycles. The summed E-state index contributed by atoms with van der Waals surface area (Å²) in [6.45, 7) is 3.42. The molecule has 8 heteroatoms. The Morgan fingerprint density at radius 1 is 1.11 bits per heavy atom. The molecule has 1 aliphatic rings. The van der Waals surface area contributed by atoms with Crippen molar-refractivity contribution in [2.45, 2.75) is 12.6 Å². The maximum Gasteiger partial charge on any atom is 0.309 e. The Morgan fingerprint density at radius 3 is 2.48 bits per heavy atom. The lowest BCUT2D eigenvalue weighted by Gasteiger charge is -2.34. The standard InChI is InChI=1S/C19H22FN3O3S/c20-15-5-3-14(4-6-15)12-21-18(24)19(25)22-13-16(17-2-1-11-27-17)23-7-9-26-10-8-23/h1-6,11,16H,7-10,12-13H2,(H,21,24)(H,22,25). The van der Waals surface area contributed by atoms with E-state index in [4.69, 9.17) is 4.74 Å². The lowest BCUT2D eigenvalue weighted by molar-refractivity contribution is -0.139. The molecule has 6 nitrogen and oxygen atoms in total. The van der Waals surface area contributed by atoms with Crippen LogP contribution in [0.5, 0.6) is 0 Å². The lowest BCUT2D eigenvalue weighted by atomic mass is 10.2. The minimum absolute atomic E-state index is 0.0164. The summed E-state index contributed by atoms with van der Waals surface area (Å²) < 4.78 is 18.3. The average Bonchev–Trinajstić information content (AvgIpc) is 3.22. The molecule has 1 aromatic heterocycles. The van der Waals surface area contributed by atoms with Gasteiger partial charge in [0.2, 0.25) is 0 Å². The summed E-state index contributed by atoms with van der Waals surface area (Å²) in [7, 11) is 0. The highest BCUT2D eigenvalue weighted by Crippen LogP contribution is 2.25. The second-order valence-electron chi connectivity index (χ2n) is 6.20. The van der Waals surface area contributed by atoms with Crippen LogP contribution in [-0.2, 0) is 20.9 Å². The zero-order chi connectivity index (χ0) is 19.1. The van der Waals surface area contributed by atoms with Crippen LogP contribution in [0.3, 0.4) is 0 Å². The molecule has 0 radical (unpaired) electrons. The van der Waals surface area contributed by atoms with Gasteiger partial charge in [0.15, 0.2) is 0 Å². The third-order valence-electron chi connectivity index (χ3n) is 4.39. The molecule has 0 aliphatic carbocycles. The molecule has 2 heterocycles. The SMILES string of the molecule is O=C(NCc1ccc(F)cc1)C(=O)NCC(c1cccs1)N1CCOCC1. The smallest absolute Gasteiger partial charge is 0.309 e. The van der Waals surface area contributed by atoms with Gasteiger partial charge in [-0.2, -0.15) is 0 Å². The number of morpholine rings is 1. The van der Waals surface area contributed by atoms with E-state index in [9.17, 15) is 14.0 Å². The molecule has 0 bridgehead atoms. The molecule has 2 N–H and O–H groups in total. The molecule has 1 aromatic carbocycles. The van der Waals surface area contributed by atoms with E-state index in [0.717, 1.165) is 23.5 Å². The number of halogens is 1. The number of amides is 2. The van der Waals surface area contributed by atoms with Crippen LogP contribution in [-0.4, -0.2) is 49.6 Å². The van der Waals surface area contributed by atoms with Crippen LogP contribution < -0.4 is 10.6 Å². The van der Waals surface area contributed by atoms with Gasteiger partial charge in [0, 0.05) is 31.1 Å². The van der Waals surface area contributed by atoms with Gasteiger partial charge in [0.25, 0.3) is 0 Å². The van der Waals surface area contributed by atoms with Gasteiger partial charge >= 0.3 is 11.8 Å². The summed E-state index contributed by atoms with van der Waals surface area (Å²) in [5.41, 5.74) is 0.724. The molecule has 1 atom stereocenters. The topological polar surface area (TPSA) is 70.7 Å². The molecule has 2 aromatic rings. The van der Waals surface area contributed by atoms with Crippen molar-refractivity contribution in [3.63, 3.8) is 0 Å². The number of carbonyl (C=O) groups is 2. The molecule has 1 fully saturated rings. The number of ether oxygens (including phenoxy) is 1. The maximum absolute atomic E-state index is 12.9. The first-order valence-corrected chi connectivity index (χ1v) is 9.67. The van der Waals surface area contributed by atoms with Crippen molar-refractivity contribution in [1.29, 1.82) is 0 Å². The van der Waals surface area contributed by atoms with Gasteiger partial charge in [-0.1, -0.05) is 18.2 Å². The van der Waals surface area contributed by atoms with Crippen LogP contribution in [0.2, 0.25) is 0 Å². The molecule has 3 rings (SSSR count). The van der Waals surface area contributed by atoms with E-state index < -0.39 is 11.8 Å². The molecule has 1 saturated heterocycles. The summed E-state index contributed by atoms with van der Waals surface area (Å²) in [5, 5.41) is 7.28. The largest absolute Gasteiger partial charge is 0.379 e. The highest BCUT2D eigenvalue weighted by atomic mass is 32.1. The maximum atomic E-state index is 12.9. The van der Waals surface area contributed by atoms with Crippen molar-refractivity contribution in [2.75, 3.05) is 32.8 Å². The number of nitrogens with one attached hydrogen (secondary N) is 2. The van der Waals surface area contributed by atoms with E-state index in [0.29, 0.717) is 19.8 Å². The van der Waals surface area contributed by atoms with Gasteiger partial charge < -0.3 is 15.4 Å². The Morgan fingerprint density at radius 2 is 1.81 bits per heavy atom. The number of hydrogen-bond acceptors (Lipinski definition) is 5. The van der Waals surface area contributed by atoms with Crippen LogP contribution in [0.25, 0.3) is 0 Å². The number of benzene rings is 1. The highest BCUT2D eigenvalue weighted by molar-refractivity contribution is 7.10. The van der Waals surface area contributed by atoms with E-state index in [1.165, 1.54) is 12.1 Å². The van der Waals surface area contributed by atoms with Crippen molar-refractivity contribution in [2.24, 2.45) is 0 Å². The molecule has 1 unspecified atom stereocenters. The Bertz CT molecular complexity index is 746. The first-order valence-electron chi connectivity index (χ1n) is 8.79. The van der Waals surface area contributed by atoms with Crippen molar-refractivity contribution >= 4 is 23.2 Å². The predicted molar refractivity (Wildman–Crippen MR) is 101 cm³/mol. The molecule has 27 heavy (non-hydrogen) atoms. The van der Waals surface area contributed by atoms with Gasteiger partial charge in [0.05, 0.1) is 19.3 Å². The second kappa shape index (κ2) is 9.59. The minimum Gasteiger partial charge on any atom is -0.379 e. The average molecular weight is 391 g/mol. The number of nitrogens with zero attached hydrogens (tertiary/aromatic N) is 1. The summed E-state index contributed by atoms with van der Waals surface area (Å²) >= 11 is 1.63. The quantitative estimate of drug-likeness (QED) is 0.736. The first kappa shape index (κ1) is 19.5. The van der Waals surface area contributed by atoms with Gasteiger partial charge in [-0.15, -0.1) is 11.3 Å². The van der Waals surface area contributed by atoms with Crippen molar-refractivity contribution < 1.29 is 18.7 Å². The van der Waals surface area contributed by atoms with Crippen molar-refractivity contribution in [3.8, 4) is 0 Å². The number of thiophene rings is 1. The fourth-order valence-electron chi connectivity index (χ4n) is 2.91. The third kappa shape index (κ3) is 5.59. The lowest BCUT2D eigenvalue weighted by Crippen LogP contribution is -2.46. The van der Waals surface area contributed by atoms with Gasteiger partial charge in [-0.3, -0.25) is 14.5 Å². The Kier molecular flexibility index (Phi) is 6.92. The normalized spacial score (nSPS) is 15.9. The summed E-state index contributed by atoms with van der Waals surface area (Å²) in [4.78, 5) is 27.6. The third-order valence-corrected chi connectivity index (χ3v) is 5.36. The van der Waals surface area contributed by atoms with Crippen LogP contribution in [0.15, 0.2) is 41.8 Å². The first-order chi connectivity index (χ1) is 13.1. The fourth-order valence-corrected chi connectivity index (χ4v) is 3.78. The molecular weight excluding hydrogens is 369 g/mol. The van der Waals surface area contributed by atoms with E-state index in [1.54, 1.807) is 23.5 Å². The number of hydrogen-bond donors (Lipinski definition) is 2. The van der Waals surface area contributed by atoms with Crippen LogP contribution in [0, 0.1) is 5.82 Å². The Balaban J connectivity index is 1.52. The summed E-state index contributed by atoms with van der Waals surface area (Å²) in [6.07, 6.45) is 0. The molecular formula is C19H22FN3O3S. The predicted octanol–water partition coefficient (Wildman–Crippen LogP) is 1.69. The molecule has 0 saturated carbocycles. The Hall–Kier alpha value is -2.29. The van der Waals surface area contributed by atoms with E-state index in [2.05, 4.69) is 15.5 Å². The molecule has 2 amide bonds. The van der Waals surface area contributed by atoms with E-state index in [1.807, 2.05) is 17.5 Å². The Labute approximate surface area is 161 Å². The fraction of sp³-hybridized carbons (Fsp3) is 0.368. The zero-order valence-electron chi connectivity index (χ0n) is 14.8. The molecule has 0 spiro atoms. The second-order valence-corrected chi connectivity index (χ2v) is 7.18. The van der Waals surface area contributed by atoms with Gasteiger partial charge in [0.1, 0.15) is 5.82 Å². The van der Waals surface area contributed by atoms with Crippen molar-refractivity contribution in [1.82, 2.24) is 15.5 Å². The monoisotopic (exact) mass is 391 g/mol. The molecule has 144 valence electrons. The van der Waals surface area contributed by atoms with Crippen LogP contribution in [0.4, 0.5) is 4.39 Å². The highest BCUT2D eigenvalue weighted by Gasteiger charge is 2.25. The van der Waals surface area contributed by atoms with Gasteiger partial charge in [-0.25, -0.2) is 4.39 Å². The van der Waals surface area contributed by atoms with E-state index in [-0.39, 0.29) is 18.4 Å². The number of carbonyl (C=O) groups excluding carboxylic acids is 2. The van der Waals surface area contributed by atoms with E-state index >= 15 is 0 Å². The van der Waals surface area contributed by atoms with Crippen molar-refractivity contribution in [3.05, 3.63) is 58.0 Å². The summed E-state index contributed by atoms with van der Waals surface area (Å²) in [5.74, 6) is -1.72.